The van der Waals surface area contributed by atoms with Crippen molar-refractivity contribution in [2.24, 2.45) is 5.92 Å². The summed E-state index contributed by atoms with van der Waals surface area (Å²) in [6.07, 6.45) is 1.07. The molecule has 0 saturated carbocycles. The van der Waals surface area contributed by atoms with E-state index in [1.807, 2.05) is 18.2 Å². The first kappa shape index (κ1) is 11.5. The van der Waals surface area contributed by atoms with Crippen LogP contribution in [0.15, 0.2) is 18.2 Å². The van der Waals surface area contributed by atoms with E-state index in [2.05, 4.69) is 14.9 Å². The summed E-state index contributed by atoms with van der Waals surface area (Å²) in [5.74, 6) is 1.39. The molecule has 5 heteroatoms. The van der Waals surface area contributed by atoms with E-state index in [-0.39, 0.29) is 6.61 Å². The number of nitrogens with one attached hydrogen (secondary N) is 1. The predicted molar refractivity (Wildman–Crippen MR) is 71.0 cm³/mol. The summed E-state index contributed by atoms with van der Waals surface area (Å²) in [7, 11) is 0. The highest BCUT2D eigenvalue weighted by Crippen LogP contribution is 2.19. The van der Waals surface area contributed by atoms with Gasteiger partial charge in [0.15, 0.2) is 0 Å². The Balaban J connectivity index is 1.75. The summed E-state index contributed by atoms with van der Waals surface area (Å²) < 4.78 is 0. The number of hydrogen-bond donors (Lipinski definition) is 3. The maximum atomic E-state index is 9.13. The third-order valence-electron chi connectivity index (χ3n) is 3.56. The Kier molecular flexibility index (Phi) is 2.93. The lowest BCUT2D eigenvalue weighted by Gasteiger charge is -2.13. The molecule has 1 aliphatic heterocycles. The number of aromatic amines is 1. The van der Waals surface area contributed by atoms with Gasteiger partial charge >= 0.3 is 0 Å². The van der Waals surface area contributed by atoms with Gasteiger partial charge in [-0.25, -0.2) is 4.98 Å². The Labute approximate surface area is 106 Å². The minimum atomic E-state index is 0.285. The average Bonchev–Trinajstić information content (AvgIpc) is 2.95. The third kappa shape index (κ3) is 2.19. The van der Waals surface area contributed by atoms with Crippen LogP contribution in [0.3, 0.4) is 0 Å². The fourth-order valence-electron chi connectivity index (χ4n) is 2.57. The molecule has 0 spiro atoms. The molecule has 4 N–H and O–H groups in total. The van der Waals surface area contributed by atoms with Gasteiger partial charge in [0.2, 0.25) is 0 Å². The first-order valence-electron chi connectivity index (χ1n) is 6.32. The fourth-order valence-corrected chi connectivity index (χ4v) is 2.57. The summed E-state index contributed by atoms with van der Waals surface area (Å²) in [5.41, 5.74) is 8.44. The lowest BCUT2D eigenvalue weighted by atomic mass is 10.1. The standard InChI is InChI=1S/C13H18N4O/c14-10-1-2-11-12(5-10)16-13(15-11)7-17-4-3-9(6-17)8-18/h1-2,5,9,18H,3-4,6-8,14H2,(H,15,16). The molecule has 96 valence electrons. The van der Waals surface area contributed by atoms with Crippen LogP contribution in [0.4, 0.5) is 5.69 Å². The molecule has 0 radical (unpaired) electrons. The van der Waals surface area contributed by atoms with E-state index in [9.17, 15) is 0 Å². The van der Waals surface area contributed by atoms with E-state index < -0.39 is 0 Å². The molecular weight excluding hydrogens is 228 g/mol. The molecule has 0 aliphatic carbocycles. The molecule has 1 aromatic carbocycles. The maximum Gasteiger partial charge on any atom is 0.121 e. The van der Waals surface area contributed by atoms with E-state index in [1.54, 1.807) is 0 Å². The number of benzene rings is 1. The van der Waals surface area contributed by atoms with Gasteiger partial charge < -0.3 is 15.8 Å². The van der Waals surface area contributed by atoms with E-state index in [4.69, 9.17) is 10.8 Å². The van der Waals surface area contributed by atoms with Crippen molar-refractivity contribution in [2.45, 2.75) is 13.0 Å². The topological polar surface area (TPSA) is 78.2 Å². The van der Waals surface area contributed by atoms with Crippen molar-refractivity contribution < 1.29 is 5.11 Å². The van der Waals surface area contributed by atoms with Crippen LogP contribution in [0, 0.1) is 5.92 Å². The smallest absolute Gasteiger partial charge is 0.121 e. The number of anilines is 1. The molecule has 2 heterocycles. The number of H-pyrrole nitrogens is 1. The molecule has 1 unspecified atom stereocenters. The summed E-state index contributed by atoms with van der Waals surface area (Å²) in [6, 6.07) is 5.71. The molecule has 5 nitrogen and oxygen atoms in total. The van der Waals surface area contributed by atoms with Crippen molar-refractivity contribution in [2.75, 3.05) is 25.4 Å². The minimum absolute atomic E-state index is 0.285. The molecule has 1 saturated heterocycles. The van der Waals surface area contributed by atoms with Crippen LogP contribution >= 0.6 is 0 Å². The van der Waals surface area contributed by atoms with Crippen LogP contribution in [0.1, 0.15) is 12.2 Å². The largest absolute Gasteiger partial charge is 0.399 e. The number of aliphatic hydroxyl groups excluding tert-OH is 1. The lowest BCUT2D eigenvalue weighted by molar-refractivity contribution is 0.219. The Morgan fingerprint density at radius 2 is 2.39 bits per heavy atom. The van der Waals surface area contributed by atoms with Crippen LogP contribution in [0.2, 0.25) is 0 Å². The second-order valence-corrected chi connectivity index (χ2v) is 5.03. The maximum absolute atomic E-state index is 9.13. The zero-order chi connectivity index (χ0) is 12.5. The summed E-state index contributed by atoms with van der Waals surface area (Å²) >= 11 is 0. The van der Waals surface area contributed by atoms with Gasteiger partial charge in [-0.15, -0.1) is 0 Å². The summed E-state index contributed by atoms with van der Waals surface area (Å²) in [5, 5.41) is 9.13. The highest BCUT2D eigenvalue weighted by Gasteiger charge is 2.22. The van der Waals surface area contributed by atoms with Crippen LogP contribution in [-0.4, -0.2) is 39.7 Å². The first-order chi connectivity index (χ1) is 8.74. The molecule has 1 atom stereocenters. The highest BCUT2D eigenvalue weighted by atomic mass is 16.3. The van der Waals surface area contributed by atoms with Crippen molar-refractivity contribution in [3.8, 4) is 0 Å². The quantitative estimate of drug-likeness (QED) is 0.705. The number of aliphatic hydroxyl groups is 1. The second kappa shape index (κ2) is 4.59. The molecule has 1 aromatic heterocycles. The van der Waals surface area contributed by atoms with Crippen molar-refractivity contribution >= 4 is 16.7 Å². The predicted octanol–water partition coefficient (Wildman–Crippen LogP) is 0.959. The molecular formula is C13H18N4O. The van der Waals surface area contributed by atoms with E-state index >= 15 is 0 Å². The fraction of sp³-hybridized carbons (Fsp3) is 0.462. The second-order valence-electron chi connectivity index (χ2n) is 5.03. The number of likely N-dealkylation sites (tertiary alicyclic amines) is 1. The number of aromatic nitrogens is 2. The van der Waals surface area contributed by atoms with E-state index in [1.165, 1.54) is 0 Å². The molecule has 18 heavy (non-hydrogen) atoms. The highest BCUT2D eigenvalue weighted by molar-refractivity contribution is 5.78. The van der Waals surface area contributed by atoms with Gasteiger partial charge in [0.1, 0.15) is 5.82 Å². The number of rotatable bonds is 3. The summed E-state index contributed by atoms with van der Waals surface area (Å²) in [4.78, 5) is 10.2. The van der Waals surface area contributed by atoms with Crippen molar-refractivity contribution in [3.05, 3.63) is 24.0 Å². The minimum Gasteiger partial charge on any atom is -0.399 e. The lowest BCUT2D eigenvalue weighted by Crippen LogP contribution is -2.21. The number of nitrogens with zero attached hydrogens (tertiary/aromatic N) is 2. The van der Waals surface area contributed by atoms with Crippen molar-refractivity contribution in [3.63, 3.8) is 0 Å². The number of hydrogen-bond acceptors (Lipinski definition) is 4. The SMILES string of the molecule is Nc1ccc2nc(CN3CCC(CO)C3)[nH]c2c1. The molecule has 0 amide bonds. The molecule has 2 aromatic rings. The molecule has 1 aliphatic rings. The van der Waals surface area contributed by atoms with Crippen LogP contribution < -0.4 is 5.73 Å². The van der Waals surface area contributed by atoms with Crippen LogP contribution in [0.25, 0.3) is 11.0 Å². The van der Waals surface area contributed by atoms with Gasteiger partial charge in [0, 0.05) is 18.8 Å². The van der Waals surface area contributed by atoms with Gasteiger partial charge in [0.25, 0.3) is 0 Å². The first-order valence-corrected chi connectivity index (χ1v) is 6.32. The van der Waals surface area contributed by atoms with Gasteiger partial charge in [-0.2, -0.15) is 0 Å². The Hall–Kier alpha value is -1.59. The van der Waals surface area contributed by atoms with E-state index in [0.717, 1.165) is 48.6 Å². The van der Waals surface area contributed by atoms with Crippen molar-refractivity contribution in [1.29, 1.82) is 0 Å². The van der Waals surface area contributed by atoms with Crippen LogP contribution in [0.5, 0.6) is 0 Å². The normalized spacial score (nSPS) is 20.8. The number of imidazole rings is 1. The van der Waals surface area contributed by atoms with Gasteiger partial charge in [-0.05, 0) is 37.1 Å². The van der Waals surface area contributed by atoms with Crippen LogP contribution in [-0.2, 0) is 6.54 Å². The van der Waals surface area contributed by atoms with Gasteiger partial charge in [0.05, 0.1) is 17.6 Å². The Morgan fingerprint density at radius 3 is 3.17 bits per heavy atom. The number of fused-ring (bicyclic) bond motifs is 1. The van der Waals surface area contributed by atoms with Crippen molar-refractivity contribution in [1.82, 2.24) is 14.9 Å². The molecule has 1 fully saturated rings. The molecule has 3 rings (SSSR count). The number of nitrogens with two attached hydrogens (primary N) is 1. The van der Waals surface area contributed by atoms with Gasteiger partial charge in [-0.3, -0.25) is 4.90 Å². The number of nitrogen functional groups attached to an aromatic ring is 1. The Bertz CT molecular complexity index is 551. The third-order valence-corrected chi connectivity index (χ3v) is 3.56. The molecule has 0 bridgehead atoms. The average molecular weight is 246 g/mol. The van der Waals surface area contributed by atoms with Gasteiger partial charge in [-0.1, -0.05) is 0 Å². The zero-order valence-corrected chi connectivity index (χ0v) is 10.3. The Morgan fingerprint density at radius 1 is 1.50 bits per heavy atom. The summed E-state index contributed by atoms with van der Waals surface area (Å²) in [6.45, 7) is 3.08. The zero-order valence-electron chi connectivity index (χ0n) is 10.3. The monoisotopic (exact) mass is 246 g/mol. The van der Waals surface area contributed by atoms with E-state index in [0.29, 0.717) is 5.92 Å².